The largest absolute Gasteiger partial charge is 0.326 e. The monoisotopic (exact) mass is 307 g/mol. The molecule has 0 unspecified atom stereocenters. The number of nitrogens with zero attached hydrogens (tertiary/aromatic N) is 2. The molecule has 0 aliphatic carbocycles. The van der Waals surface area contributed by atoms with Gasteiger partial charge < -0.3 is 9.88 Å². The molecule has 2 aromatic rings. The van der Waals surface area contributed by atoms with E-state index in [0.717, 1.165) is 22.4 Å². The summed E-state index contributed by atoms with van der Waals surface area (Å²) >= 11 is 3.40. The van der Waals surface area contributed by atoms with E-state index in [0.29, 0.717) is 0 Å². The van der Waals surface area contributed by atoms with Crippen LogP contribution in [-0.2, 0) is 17.8 Å². The Morgan fingerprint density at radius 1 is 1.44 bits per heavy atom. The summed E-state index contributed by atoms with van der Waals surface area (Å²) < 4.78 is 2.73. The normalized spacial score (nSPS) is 10.3. The molecule has 0 aliphatic rings. The van der Waals surface area contributed by atoms with Gasteiger partial charge >= 0.3 is 0 Å². The lowest BCUT2D eigenvalue weighted by atomic mass is 10.3. The molecule has 0 aliphatic heterocycles. The molecular weight excluding hydrogens is 294 g/mol. The van der Waals surface area contributed by atoms with E-state index >= 15 is 0 Å². The van der Waals surface area contributed by atoms with Gasteiger partial charge in [-0.15, -0.1) is 0 Å². The number of aryl methyl sites for hydroxylation is 1. The van der Waals surface area contributed by atoms with Crippen LogP contribution in [0.2, 0.25) is 0 Å². The van der Waals surface area contributed by atoms with Crippen LogP contribution in [0, 0.1) is 0 Å². The third-order valence-corrected chi connectivity index (χ3v) is 3.27. The molecule has 0 atom stereocenters. The highest BCUT2D eigenvalue weighted by Gasteiger charge is 2.08. The van der Waals surface area contributed by atoms with Gasteiger partial charge in [0.2, 0.25) is 5.91 Å². The Hall–Kier alpha value is -1.62. The van der Waals surface area contributed by atoms with Crippen LogP contribution < -0.4 is 5.32 Å². The van der Waals surface area contributed by atoms with E-state index in [1.165, 1.54) is 0 Å². The zero-order valence-corrected chi connectivity index (χ0v) is 11.6. The van der Waals surface area contributed by atoms with E-state index in [4.69, 9.17) is 0 Å². The number of benzene rings is 1. The fourth-order valence-electron chi connectivity index (χ4n) is 1.71. The lowest BCUT2D eigenvalue weighted by Gasteiger charge is -2.09. The molecule has 1 amide bonds. The fraction of sp³-hybridized carbons (Fsp3) is 0.231. The molecule has 0 bridgehead atoms. The lowest BCUT2D eigenvalue weighted by molar-refractivity contribution is -0.116. The number of carbonyl (C=O) groups excluding carboxylic acids is 1. The minimum Gasteiger partial charge on any atom is -0.326 e. The van der Waals surface area contributed by atoms with Gasteiger partial charge in [0.05, 0.1) is 5.69 Å². The zero-order valence-electron chi connectivity index (χ0n) is 10.1. The minimum atomic E-state index is -0.0606. The zero-order chi connectivity index (χ0) is 13.0. The summed E-state index contributed by atoms with van der Waals surface area (Å²) in [6.07, 6.45) is 4.35. The molecule has 1 heterocycles. The molecule has 0 spiro atoms. The van der Waals surface area contributed by atoms with Crippen LogP contribution in [0.3, 0.4) is 0 Å². The summed E-state index contributed by atoms with van der Waals surface area (Å²) in [6, 6.07) is 7.54. The number of hydrogen-bond acceptors (Lipinski definition) is 2. The van der Waals surface area contributed by atoms with Gasteiger partial charge in [-0.2, -0.15) is 0 Å². The summed E-state index contributed by atoms with van der Waals surface area (Å²) in [5.41, 5.74) is 0.778. The summed E-state index contributed by atoms with van der Waals surface area (Å²) in [7, 11) is 0. The van der Waals surface area contributed by atoms with E-state index < -0.39 is 0 Å². The van der Waals surface area contributed by atoms with Gasteiger partial charge in [-0.05, 0) is 28.1 Å². The maximum absolute atomic E-state index is 11.9. The van der Waals surface area contributed by atoms with Crippen LogP contribution in [0.5, 0.6) is 0 Å². The maximum Gasteiger partial charge on any atom is 0.244 e. The van der Waals surface area contributed by atoms with Crippen molar-refractivity contribution < 1.29 is 4.79 Å². The standard InChI is InChI=1S/C13H14BrN3O/c1-2-12-15-7-8-17(12)9-13(18)16-11-6-4-3-5-10(11)14/h3-8H,2,9H2,1H3,(H,16,18). The number of aromatic nitrogens is 2. The molecule has 0 fully saturated rings. The Labute approximate surface area is 114 Å². The molecule has 18 heavy (non-hydrogen) atoms. The smallest absolute Gasteiger partial charge is 0.244 e. The van der Waals surface area contributed by atoms with E-state index in [1.807, 2.05) is 42.0 Å². The number of imidazole rings is 1. The fourth-order valence-corrected chi connectivity index (χ4v) is 2.09. The summed E-state index contributed by atoms with van der Waals surface area (Å²) in [5.74, 6) is 0.854. The first-order valence-corrected chi connectivity index (χ1v) is 6.54. The van der Waals surface area contributed by atoms with Crippen molar-refractivity contribution in [2.75, 3.05) is 5.32 Å². The van der Waals surface area contributed by atoms with Gasteiger partial charge in [-0.3, -0.25) is 4.79 Å². The van der Waals surface area contributed by atoms with Gasteiger partial charge in [0, 0.05) is 23.3 Å². The third-order valence-electron chi connectivity index (χ3n) is 2.58. The molecule has 2 rings (SSSR count). The van der Waals surface area contributed by atoms with Crippen LogP contribution in [-0.4, -0.2) is 15.5 Å². The summed E-state index contributed by atoms with van der Waals surface area (Å²) in [6.45, 7) is 2.30. The molecule has 1 N–H and O–H groups in total. The second-order valence-corrected chi connectivity index (χ2v) is 4.71. The van der Waals surface area contributed by atoms with Crippen molar-refractivity contribution in [3.8, 4) is 0 Å². The number of para-hydroxylation sites is 1. The van der Waals surface area contributed by atoms with E-state index in [1.54, 1.807) is 6.20 Å². The van der Waals surface area contributed by atoms with Gasteiger partial charge in [0.25, 0.3) is 0 Å². The molecule has 94 valence electrons. The van der Waals surface area contributed by atoms with Gasteiger partial charge in [0.1, 0.15) is 12.4 Å². The van der Waals surface area contributed by atoms with Crippen molar-refractivity contribution in [2.24, 2.45) is 0 Å². The predicted molar refractivity (Wildman–Crippen MR) is 74.4 cm³/mol. The number of rotatable bonds is 4. The van der Waals surface area contributed by atoms with E-state index in [2.05, 4.69) is 26.2 Å². The average molecular weight is 308 g/mol. The molecule has 1 aromatic heterocycles. The molecule has 1 aromatic carbocycles. The van der Waals surface area contributed by atoms with Crippen LogP contribution in [0.15, 0.2) is 41.1 Å². The van der Waals surface area contributed by atoms with Gasteiger partial charge in [-0.1, -0.05) is 19.1 Å². The van der Waals surface area contributed by atoms with Crippen LogP contribution in [0.25, 0.3) is 0 Å². The van der Waals surface area contributed by atoms with Crippen molar-refractivity contribution in [2.45, 2.75) is 19.9 Å². The Bertz CT molecular complexity index is 551. The first-order valence-electron chi connectivity index (χ1n) is 5.75. The number of nitrogens with one attached hydrogen (secondary N) is 1. The average Bonchev–Trinajstić information content (AvgIpc) is 2.79. The number of amides is 1. The molecule has 4 nitrogen and oxygen atoms in total. The molecule has 0 radical (unpaired) electrons. The van der Waals surface area contributed by atoms with Crippen LogP contribution >= 0.6 is 15.9 Å². The molecule has 5 heteroatoms. The molecule has 0 saturated heterocycles. The Morgan fingerprint density at radius 2 is 2.22 bits per heavy atom. The second kappa shape index (κ2) is 5.82. The number of carbonyl (C=O) groups is 1. The van der Waals surface area contributed by atoms with Gasteiger partial charge in [0.15, 0.2) is 0 Å². The highest BCUT2D eigenvalue weighted by molar-refractivity contribution is 9.10. The van der Waals surface area contributed by atoms with Crippen LogP contribution in [0.4, 0.5) is 5.69 Å². The number of halogens is 1. The van der Waals surface area contributed by atoms with Crippen molar-refractivity contribution >= 4 is 27.5 Å². The molecular formula is C13H14BrN3O. The third kappa shape index (κ3) is 2.98. The lowest BCUT2D eigenvalue weighted by Crippen LogP contribution is -2.19. The summed E-state index contributed by atoms with van der Waals surface area (Å²) in [5, 5.41) is 2.87. The second-order valence-electron chi connectivity index (χ2n) is 3.85. The summed E-state index contributed by atoms with van der Waals surface area (Å²) in [4.78, 5) is 16.1. The van der Waals surface area contributed by atoms with E-state index in [-0.39, 0.29) is 12.5 Å². The number of hydrogen-bond donors (Lipinski definition) is 1. The number of anilines is 1. The SMILES string of the molecule is CCc1nccn1CC(=O)Nc1ccccc1Br. The Balaban J connectivity index is 2.04. The quantitative estimate of drug-likeness (QED) is 0.944. The van der Waals surface area contributed by atoms with Gasteiger partial charge in [-0.25, -0.2) is 4.98 Å². The highest BCUT2D eigenvalue weighted by Crippen LogP contribution is 2.21. The Kier molecular flexibility index (Phi) is 4.15. The first kappa shape index (κ1) is 12.8. The van der Waals surface area contributed by atoms with Crippen molar-refractivity contribution in [3.05, 3.63) is 47.0 Å². The van der Waals surface area contributed by atoms with Crippen molar-refractivity contribution in [1.82, 2.24) is 9.55 Å². The van der Waals surface area contributed by atoms with E-state index in [9.17, 15) is 4.79 Å². The topological polar surface area (TPSA) is 46.9 Å². The highest BCUT2D eigenvalue weighted by atomic mass is 79.9. The molecule has 0 saturated carbocycles. The Morgan fingerprint density at radius 3 is 2.94 bits per heavy atom. The predicted octanol–water partition coefficient (Wildman–Crippen LogP) is 2.85. The van der Waals surface area contributed by atoms with Crippen molar-refractivity contribution in [3.63, 3.8) is 0 Å². The van der Waals surface area contributed by atoms with Crippen LogP contribution in [0.1, 0.15) is 12.7 Å². The maximum atomic E-state index is 11.9. The minimum absolute atomic E-state index is 0.0606. The first-order chi connectivity index (χ1) is 8.70. The van der Waals surface area contributed by atoms with Crippen molar-refractivity contribution in [1.29, 1.82) is 0 Å².